The van der Waals surface area contributed by atoms with Crippen molar-refractivity contribution >= 4 is 5.69 Å². The van der Waals surface area contributed by atoms with Crippen molar-refractivity contribution in [2.45, 2.75) is 12.5 Å². The van der Waals surface area contributed by atoms with Crippen LogP contribution < -0.4 is 10.6 Å². The number of hydrogen-bond acceptors (Lipinski definition) is 2. The Morgan fingerprint density at radius 3 is 2.93 bits per heavy atom. The standard InChI is InChI=1S/C10H12F2N2/c11-8-2-1-3-9(10(8)12)14-7-4-5-13-6-7/h1-3,7,13-14H,4-6H2. The molecular formula is C10H12F2N2. The lowest BCUT2D eigenvalue weighted by molar-refractivity contribution is 0.510. The van der Waals surface area contributed by atoms with Gasteiger partial charge in [-0.2, -0.15) is 0 Å². The molecule has 1 aromatic rings. The highest BCUT2D eigenvalue weighted by molar-refractivity contribution is 5.46. The van der Waals surface area contributed by atoms with Crippen molar-refractivity contribution in [3.63, 3.8) is 0 Å². The Hall–Kier alpha value is -1.16. The molecule has 2 rings (SSSR count). The largest absolute Gasteiger partial charge is 0.379 e. The highest BCUT2D eigenvalue weighted by atomic mass is 19.2. The van der Waals surface area contributed by atoms with Crippen LogP contribution >= 0.6 is 0 Å². The molecule has 0 amide bonds. The van der Waals surface area contributed by atoms with E-state index < -0.39 is 11.6 Å². The Bertz CT molecular complexity index is 322. The quantitative estimate of drug-likeness (QED) is 0.756. The summed E-state index contributed by atoms with van der Waals surface area (Å²) in [5.74, 6) is -1.60. The van der Waals surface area contributed by atoms with Crippen molar-refractivity contribution < 1.29 is 8.78 Å². The van der Waals surface area contributed by atoms with E-state index in [1.165, 1.54) is 6.07 Å². The molecule has 0 radical (unpaired) electrons. The number of benzene rings is 1. The lowest BCUT2D eigenvalue weighted by atomic mass is 10.2. The summed E-state index contributed by atoms with van der Waals surface area (Å²) in [5.41, 5.74) is 0.249. The number of rotatable bonds is 2. The van der Waals surface area contributed by atoms with Crippen LogP contribution in [-0.4, -0.2) is 19.1 Å². The van der Waals surface area contributed by atoms with E-state index in [0.29, 0.717) is 0 Å². The van der Waals surface area contributed by atoms with Crippen LogP contribution in [0.4, 0.5) is 14.5 Å². The summed E-state index contributed by atoms with van der Waals surface area (Å²) in [6.07, 6.45) is 0.940. The molecule has 4 heteroatoms. The molecule has 1 heterocycles. The van der Waals surface area contributed by atoms with Gasteiger partial charge in [0.25, 0.3) is 0 Å². The van der Waals surface area contributed by atoms with Gasteiger partial charge in [-0.3, -0.25) is 0 Å². The van der Waals surface area contributed by atoms with Crippen LogP contribution in [-0.2, 0) is 0 Å². The van der Waals surface area contributed by atoms with Gasteiger partial charge in [0.15, 0.2) is 11.6 Å². The third kappa shape index (κ3) is 1.85. The highest BCUT2D eigenvalue weighted by Crippen LogP contribution is 2.18. The zero-order valence-corrected chi connectivity index (χ0v) is 7.69. The van der Waals surface area contributed by atoms with E-state index in [4.69, 9.17) is 0 Å². The van der Waals surface area contributed by atoms with Gasteiger partial charge in [0, 0.05) is 12.6 Å². The molecule has 0 spiro atoms. The minimum absolute atomic E-state index is 0.200. The summed E-state index contributed by atoms with van der Waals surface area (Å²) < 4.78 is 26.0. The Balaban J connectivity index is 2.11. The number of nitrogens with one attached hydrogen (secondary N) is 2. The maximum atomic E-state index is 13.2. The Morgan fingerprint density at radius 1 is 1.36 bits per heavy atom. The fourth-order valence-electron chi connectivity index (χ4n) is 1.61. The molecule has 14 heavy (non-hydrogen) atoms. The van der Waals surface area contributed by atoms with Gasteiger partial charge < -0.3 is 10.6 Å². The number of hydrogen-bond donors (Lipinski definition) is 2. The van der Waals surface area contributed by atoms with Gasteiger partial charge in [0.05, 0.1) is 5.69 Å². The lowest BCUT2D eigenvalue weighted by Gasteiger charge is -2.13. The van der Waals surface area contributed by atoms with Gasteiger partial charge >= 0.3 is 0 Å². The normalized spacial score (nSPS) is 21.1. The van der Waals surface area contributed by atoms with E-state index in [1.807, 2.05) is 0 Å². The molecule has 2 N–H and O–H groups in total. The fraction of sp³-hybridized carbons (Fsp3) is 0.400. The van der Waals surface area contributed by atoms with Gasteiger partial charge in [-0.1, -0.05) is 6.07 Å². The average Bonchev–Trinajstić information content (AvgIpc) is 2.66. The molecule has 1 aromatic carbocycles. The predicted octanol–water partition coefficient (Wildman–Crippen LogP) is 1.74. The first kappa shape index (κ1) is 9.40. The summed E-state index contributed by atoms with van der Waals surface area (Å²) in [6.45, 7) is 1.73. The first-order valence-electron chi connectivity index (χ1n) is 4.68. The predicted molar refractivity (Wildman–Crippen MR) is 51.3 cm³/mol. The van der Waals surface area contributed by atoms with E-state index >= 15 is 0 Å². The SMILES string of the molecule is Fc1cccc(NC2CCNC2)c1F. The molecule has 2 nitrogen and oxygen atoms in total. The maximum Gasteiger partial charge on any atom is 0.181 e. The van der Waals surface area contributed by atoms with Crippen LogP contribution in [0.25, 0.3) is 0 Å². The van der Waals surface area contributed by atoms with Crippen molar-refractivity contribution in [3.05, 3.63) is 29.8 Å². The lowest BCUT2D eigenvalue weighted by Crippen LogP contribution is -2.22. The second-order valence-corrected chi connectivity index (χ2v) is 3.44. The summed E-state index contributed by atoms with van der Waals surface area (Å²) in [6, 6.07) is 4.37. The summed E-state index contributed by atoms with van der Waals surface area (Å²) in [4.78, 5) is 0. The summed E-state index contributed by atoms with van der Waals surface area (Å²) in [7, 11) is 0. The molecule has 1 unspecified atom stereocenters. The van der Waals surface area contributed by atoms with Crippen LogP contribution in [0.15, 0.2) is 18.2 Å². The molecule has 0 saturated carbocycles. The zero-order chi connectivity index (χ0) is 9.97. The molecule has 76 valence electrons. The minimum atomic E-state index is -0.805. The maximum absolute atomic E-state index is 13.2. The molecule has 1 aliphatic heterocycles. The smallest absolute Gasteiger partial charge is 0.181 e. The molecule has 1 atom stereocenters. The Morgan fingerprint density at radius 2 is 2.21 bits per heavy atom. The minimum Gasteiger partial charge on any atom is -0.379 e. The van der Waals surface area contributed by atoms with Crippen molar-refractivity contribution in [2.24, 2.45) is 0 Å². The van der Waals surface area contributed by atoms with Gasteiger partial charge in [0.2, 0.25) is 0 Å². The Kier molecular flexibility index (Phi) is 2.63. The van der Waals surface area contributed by atoms with Gasteiger partial charge in [0.1, 0.15) is 0 Å². The monoisotopic (exact) mass is 198 g/mol. The zero-order valence-electron chi connectivity index (χ0n) is 7.69. The molecule has 0 aromatic heterocycles. The summed E-state index contributed by atoms with van der Waals surface area (Å²) >= 11 is 0. The van der Waals surface area contributed by atoms with Gasteiger partial charge in [-0.15, -0.1) is 0 Å². The van der Waals surface area contributed by atoms with Gasteiger partial charge in [-0.25, -0.2) is 8.78 Å². The van der Waals surface area contributed by atoms with E-state index in [2.05, 4.69) is 10.6 Å². The van der Waals surface area contributed by atoms with E-state index in [-0.39, 0.29) is 11.7 Å². The fourth-order valence-corrected chi connectivity index (χ4v) is 1.61. The van der Waals surface area contributed by atoms with Crippen molar-refractivity contribution in [3.8, 4) is 0 Å². The number of halogens is 2. The first-order valence-corrected chi connectivity index (χ1v) is 4.68. The van der Waals surface area contributed by atoms with Crippen molar-refractivity contribution in [1.29, 1.82) is 0 Å². The number of anilines is 1. The van der Waals surface area contributed by atoms with E-state index in [1.54, 1.807) is 6.07 Å². The van der Waals surface area contributed by atoms with Crippen molar-refractivity contribution in [2.75, 3.05) is 18.4 Å². The molecular weight excluding hydrogens is 186 g/mol. The van der Waals surface area contributed by atoms with E-state index in [9.17, 15) is 8.78 Å². The third-order valence-corrected chi connectivity index (χ3v) is 2.37. The second-order valence-electron chi connectivity index (χ2n) is 3.44. The van der Waals surface area contributed by atoms with Crippen LogP contribution in [0.1, 0.15) is 6.42 Å². The topological polar surface area (TPSA) is 24.1 Å². The van der Waals surface area contributed by atoms with Crippen LogP contribution in [0.2, 0.25) is 0 Å². The van der Waals surface area contributed by atoms with Gasteiger partial charge in [-0.05, 0) is 25.1 Å². The molecule has 1 saturated heterocycles. The van der Waals surface area contributed by atoms with Crippen LogP contribution in [0.5, 0.6) is 0 Å². The Labute approximate surface area is 81.3 Å². The average molecular weight is 198 g/mol. The second kappa shape index (κ2) is 3.92. The molecule has 0 aliphatic carbocycles. The van der Waals surface area contributed by atoms with E-state index in [0.717, 1.165) is 25.6 Å². The summed E-state index contributed by atoms with van der Waals surface area (Å²) in [5, 5.41) is 6.12. The molecule has 0 bridgehead atoms. The highest BCUT2D eigenvalue weighted by Gasteiger charge is 2.16. The third-order valence-electron chi connectivity index (χ3n) is 2.37. The van der Waals surface area contributed by atoms with Crippen LogP contribution in [0.3, 0.4) is 0 Å². The van der Waals surface area contributed by atoms with Crippen LogP contribution in [0, 0.1) is 11.6 Å². The molecule has 1 fully saturated rings. The van der Waals surface area contributed by atoms with Crippen molar-refractivity contribution in [1.82, 2.24) is 5.32 Å². The molecule has 1 aliphatic rings. The first-order chi connectivity index (χ1) is 6.77.